The lowest BCUT2D eigenvalue weighted by molar-refractivity contribution is 0.392. The number of sulfonamides is 1. The van der Waals surface area contributed by atoms with Crippen LogP contribution in [0.3, 0.4) is 0 Å². The molecule has 0 spiro atoms. The van der Waals surface area contributed by atoms with E-state index < -0.39 is 10.0 Å². The second-order valence-electron chi connectivity index (χ2n) is 8.24. The molecular formula is C21H25N5O3S. The van der Waals surface area contributed by atoms with E-state index >= 15 is 0 Å². The molecule has 8 nitrogen and oxygen atoms in total. The maximum atomic E-state index is 12.8. The zero-order valence-electron chi connectivity index (χ0n) is 17.5. The first kappa shape index (κ1) is 20.3. The van der Waals surface area contributed by atoms with Crippen molar-refractivity contribution < 1.29 is 13.2 Å². The van der Waals surface area contributed by atoms with Gasteiger partial charge in [0.25, 0.3) is 10.0 Å². The second kappa shape index (κ2) is 7.39. The average Bonchev–Trinajstić information content (AvgIpc) is 3.11. The van der Waals surface area contributed by atoms with Gasteiger partial charge in [-0.05, 0) is 37.8 Å². The van der Waals surface area contributed by atoms with Crippen LogP contribution in [0.1, 0.15) is 43.5 Å². The normalized spacial score (nSPS) is 15.5. The van der Waals surface area contributed by atoms with E-state index in [1.54, 1.807) is 7.05 Å². The molecule has 0 atom stereocenters. The highest BCUT2D eigenvalue weighted by atomic mass is 32.2. The summed E-state index contributed by atoms with van der Waals surface area (Å²) in [6.45, 7) is 6.17. The Morgan fingerprint density at radius 1 is 1.20 bits per heavy atom. The van der Waals surface area contributed by atoms with Crippen LogP contribution in [0, 0.1) is 6.92 Å². The van der Waals surface area contributed by atoms with Crippen molar-refractivity contribution in [2.75, 3.05) is 4.72 Å². The topological polar surface area (TPSA) is 99.0 Å². The molecule has 3 aromatic rings. The van der Waals surface area contributed by atoms with Crippen LogP contribution in [0.5, 0.6) is 11.6 Å². The van der Waals surface area contributed by atoms with E-state index in [9.17, 15) is 8.42 Å². The molecule has 0 bridgehead atoms. The van der Waals surface area contributed by atoms with Crippen molar-refractivity contribution in [2.24, 2.45) is 7.05 Å². The van der Waals surface area contributed by atoms with Gasteiger partial charge in [-0.2, -0.15) is 10.1 Å². The predicted molar refractivity (Wildman–Crippen MR) is 113 cm³/mol. The standard InChI is InChI=1S/C21H25N5O3S/c1-14-8-5-6-10-17(14)29-19-16-9-7-11-21(2,3)18(16)23-20(24-19)25-30(27,28)15-12-22-26(4)13-15/h5-6,8,10,12-13H,7,9,11H2,1-4H3,(H,23,24,25). The van der Waals surface area contributed by atoms with Gasteiger partial charge in [0.2, 0.25) is 11.8 Å². The summed E-state index contributed by atoms with van der Waals surface area (Å²) in [7, 11) is -2.21. The molecule has 1 aliphatic carbocycles. The molecule has 0 saturated carbocycles. The van der Waals surface area contributed by atoms with Crippen molar-refractivity contribution in [1.29, 1.82) is 0 Å². The van der Waals surface area contributed by atoms with Gasteiger partial charge < -0.3 is 4.74 Å². The van der Waals surface area contributed by atoms with E-state index in [0.29, 0.717) is 11.6 Å². The van der Waals surface area contributed by atoms with Gasteiger partial charge in [-0.1, -0.05) is 32.0 Å². The number of fused-ring (bicyclic) bond motifs is 1. The minimum atomic E-state index is -3.87. The van der Waals surface area contributed by atoms with E-state index in [4.69, 9.17) is 4.74 Å². The highest BCUT2D eigenvalue weighted by Crippen LogP contribution is 2.41. The first-order valence-corrected chi connectivity index (χ1v) is 11.3. The third kappa shape index (κ3) is 3.89. The zero-order valence-corrected chi connectivity index (χ0v) is 18.3. The van der Waals surface area contributed by atoms with Gasteiger partial charge in [-0.25, -0.2) is 18.1 Å². The van der Waals surface area contributed by atoms with Gasteiger partial charge in [0.05, 0.1) is 11.9 Å². The van der Waals surface area contributed by atoms with Crippen LogP contribution in [0.4, 0.5) is 5.95 Å². The predicted octanol–water partition coefficient (Wildman–Crippen LogP) is 3.73. The highest BCUT2D eigenvalue weighted by molar-refractivity contribution is 7.92. The van der Waals surface area contributed by atoms with Crippen LogP contribution in [0.25, 0.3) is 0 Å². The van der Waals surface area contributed by atoms with Crippen LogP contribution in [-0.4, -0.2) is 28.2 Å². The number of ether oxygens (including phenoxy) is 1. The maximum absolute atomic E-state index is 12.8. The first-order chi connectivity index (χ1) is 14.2. The fourth-order valence-corrected chi connectivity index (χ4v) is 4.62. The van der Waals surface area contributed by atoms with Gasteiger partial charge in [0.1, 0.15) is 10.6 Å². The van der Waals surface area contributed by atoms with E-state index in [-0.39, 0.29) is 16.3 Å². The Morgan fingerprint density at radius 3 is 2.67 bits per heavy atom. The van der Waals surface area contributed by atoms with Gasteiger partial charge in [-0.3, -0.25) is 4.68 Å². The molecule has 0 saturated heterocycles. The number of aromatic nitrogens is 4. The van der Waals surface area contributed by atoms with Crippen molar-refractivity contribution in [1.82, 2.24) is 19.7 Å². The van der Waals surface area contributed by atoms with E-state index in [1.807, 2.05) is 31.2 Å². The molecule has 0 unspecified atom stereocenters. The van der Waals surface area contributed by atoms with Gasteiger partial charge in [-0.15, -0.1) is 0 Å². The highest BCUT2D eigenvalue weighted by Gasteiger charge is 2.33. The summed E-state index contributed by atoms with van der Waals surface area (Å²) >= 11 is 0. The van der Waals surface area contributed by atoms with Crippen LogP contribution in [-0.2, 0) is 28.9 Å². The fourth-order valence-electron chi connectivity index (χ4n) is 3.70. The largest absolute Gasteiger partial charge is 0.438 e. The van der Waals surface area contributed by atoms with Crippen molar-refractivity contribution in [3.05, 3.63) is 53.5 Å². The van der Waals surface area contributed by atoms with Gasteiger partial charge in [0.15, 0.2) is 0 Å². The molecule has 158 valence electrons. The first-order valence-electron chi connectivity index (χ1n) is 9.82. The molecule has 0 radical (unpaired) electrons. The van der Waals surface area contributed by atoms with Crippen LogP contribution in [0.15, 0.2) is 41.6 Å². The Kier molecular flexibility index (Phi) is 5.01. The van der Waals surface area contributed by atoms with E-state index in [0.717, 1.165) is 36.1 Å². The van der Waals surface area contributed by atoms with E-state index in [2.05, 4.69) is 33.6 Å². The van der Waals surface area contributed by atoms with Crippen molar-refractivity contribution in [2.45, 2.75) is 50.3 Å². The molecule has 4 rings (SSSR count). The summed E-state index contributed by atoms with van der Waals surface area (Å²) in [5.41, 5.74) is 2.50. The molecule has 1 aliphatic rings. The number of para-hydroxylation sites is 1. The molecule has 30 heavy (non-hydrogen) atoms. The van der Waals surface area contributed by atoms with Gasteiger partial charge in [0, 0.05) is 24.2 Å². The quantitative estimate of drug-likeness (QED) is 0.666. The number of benzene rings is 1. The maximum Gasteiger partial charge on any atom is 0.267 e. The van der Waals surface area contributed by atoms with Crippen molar-refractivity contribution >= 4 is 16.0 Å². The number of nitrogens with one attached hydrogen (secondary N) is 1. The van der Waals surface area contributed by atoms with Crippen LogP contribution >= 0.6 is 0 Å². The smallest absolute Gasteiger partial charge is 0.267 e. The Labute approximate surface area is 176 Å². The molecule has 0 amide bonds. The number of nitrogens with zero attached hydrogens (tertiary/aromatic N) is 4. The van der Waals surface area contributed by atoms with Crippen molar-refractivity contribution in [3.63, 3.8) is 0 Å². The van der Waals surface area contributed by atoms with Crippen molar-refractivity contribution in [3.8, 4) is 11.6 Å². The third-order valence-corrected chi connectivity index (χ3v) is 6.64. The lowest BCUT2D eigenvalue weighted by atomic mass is 9.76. The number of hydrogen-bond donors (Lipinski definition) is 1. The van der Waals surface area contributed by atoms with Crippen LogP contribution < -0.4 is 9.46 Å². The number of aryl methyl sites for hydroxylation is 2. The number of anilines is 1. The zero-order chi connectivity index (χ0) is 21.5. The number of rotatable bonds is 5. The minimum Gasteiger partial charge on any atom is -0.438 e. The Balaban J connectivity index is 1.79. The van der Waals surface area contributed by atoms with E-state index in [1.165, 1.54) is 17.1 Å². The molecule has 9 heteroatoms. The Hall–Kier alpha value is -2.94. The minimum absolute atomic E-state index is 0.00355. The molecule has 2 heterocycles. The summed E-state index contributed by atoms with van der Waals surface area (Å²) in [4.78, 5) is 9.10. The summed E-state index contributed by atoms with van der Waals surface area (Å²) in [5.74, 6) is 1.07. The molecular weight excluding hydrogens is 402 g/mol. The summed E-state index contributed by atoms with van der Waals surface area (Å²) in [5, 5.41) is 3.93. The Bertz CT molecular complexity index is 1200. The average molecular weight is 428 g/mol. The summed E-state index contributed by atoms with van der Waals surface area (Å²) < 4.78 is 35.7. The molecule has 0 aliphatic heterocycles. The summed E-state index contributed by atoms with van der Waals surface area (Å²) in [6, 6.07) is 7.66. The number of hydrogen-bond acceptors (Lipinski definition) is 6. The Morgan fingerprint density at radius 2 is 1.97 bits per heavy atom. The fraction of sp³-hybridized carbons (Fsp3) is 0.381. The monoisotopic (exact) mass is 427 g/mol. The summed E-state index contributed by atoms with van der Waals surface area (Å²) in [6.07, 6.45) is 5.45. The SMILES string of the molecule is Cc1ccccc1Oc1nc(NS(=O)(=O)c2cnn(C)c2)nc2c1CCCC2(C)C. The molecule has 2 aromatic heterocycles. The molecule has 0 fully saturated rings. The lowest BCUT2D eigenvalue weighted by Crippen LogP contribution is -2.27. The third-order valence-electron chi connectivity index (χ3n) is 5.36. The lowest BCUT2D eigenvalue weighted by Gasteiger charge is -2.32. The molecule has 1 aromatic carbocycles. The van der Waals surface area contributed by atoms with Gasteiger partial charge >= 0.3 is 0 Å². The molecule has 1 N–H and O–H groups in total. The van der Waals surface area contributed by atoms with Crippen LogP contribution in [0.2, 0.25) is 0 Å². The second-order valence-corrected chi connectivity index (χ2v) is 9.92.